The smallest absolute Gasteiger partial charge is 0.154 e. The second-order valence-corrected chi connectivity index (χ2v) is 3.62. The summed E-state index contributed by atoms with van der Waals surface area (Å²) in [6.07, 6.45) is 2.48. The number of Topliss-reactive ketones (excluding diaryl/α,β-unsaturated/α-hetero) is 1. The van der Waals surface area contributed by atoms with E-state index in [-0.39, 0.29) is 6.04 Å². The van der Waals surface area contributed by atoms with Gasteiger partial charge in [-0.15, -0.1) is 0 Å². The zero-order chi connectivity index (χ0) is 9.97. The van der Waals surface area contributed by atoms with Crippen molar-refractivity contribution < 1.29 is 4.79 Å². The fraction of sp³-hybridized carbons (Fsp3) is 0.417. The highest BCUT2D eigenvalue weighted by Gasteiger charge is 2.21. The normalized spacial score (nSPS) is 19.6. The third-order valence-electron chi connectivity index (χ3n) is 2.69. The van der Waals surface area contributed by atoms with Crippen LogP contribution in [0.2, 0.25) is 0 Å². The van der Waals surface area contributed by atoms with Crippen molar-refractivity contribution in [1.82, 2.24) is 0 Å². The number of ketones is 1. The Morgan fingerprint density at radius 2 is 2.57 bits per heavy atom. The molecule has 1 heterocycles. The van der Waals surface area contributed by atoms with Crippen molar-refractivity contribution in [3.05, 3.63) is 29.8 Å². The van der Waals surface area contributed by atoms with Gasteiger partial charge in [0.1, 0.15) is 0 Å². The number of aryl methyl sites for hydroxylation is 1. The van der Waals surface area contributed by atoms with Crippen molar-refractivity contribution in [3.63, 3.8) is 0 Å². The molecule has 2 nitrogen and oxygen atoms in total. The molecular formula is C12H14NO. The molecule has 1 aromatic carbocycles. The average Bonchev–Trinajstić information content (AvgIpc) is 2.27. The number of nitrogens with one attached hydrogen (secondary N) is 1. The Balaban J connectivity index is 2.17. The molecule has 2 heteroatoms. The molecule has 0 bridgehead atoms. The van der Waals surface area contributed by atoms with E-state index in [2.05, 4.69) is 11.4 Å². The Morgan fingerprint density at radius 1 is 1.71 bits per heavy atom. The monoisotopic (exact) mass is 188 g/mol. The second-order valence-electron chi connectivity index (χ2n) is 3.62. The molecular weight excluding hydrogens is 174 g/mol. The van der Waals surface area contributed by atoms with Gasteiger partial charge in [0.05, 0.1) is 6.04 Å². The molecule has 0 amide bonds. The third kappa shape index (κ3) is 1.65. The summed E-state index contributed by atoms with van der Waals surface area (Å²) in [6, 6.07) is 9.09. The largest absolute Gasteiger partial charge is 0.375 e. The number of fused-ring (bicyclic) bond motifs is 1. The van der Waals surface area contributed by atoms with E-state index >= 15 is 0 Å². The highest BCUT2D eigenvalue weighted by molar-refractivity contribution is 5.87. The molecule has 1 aliphatic rings. The zero-order valence-electron chi connectivity index (χ0n) is 8.34. The molecule has 0 fully saturated rings. The number of carbonyl (C=O) groups is 1. The lowest BCUT2D eigenvalue weighted by molar-refractivity contribution is -0.119. The van der Waals surface area contributed by atoms with E-state index in [1.165, 1.54) is 5.56 Å². The van der Waals surface area contributed by atoms with Crippen LogP contribution in [0, 0.1) is 6.07 Å². The first-order chi connectivity index (χ1) is 6.81. The van der Waals surface area contributed by atoms with Crippen LogP contribution < -0.4 is 5.32 Å². The van der Waals surface area contributed by atoms with E-state index < -0.39 is 0 Å². The molecule has 0 saturated carbocycles. The van der Waals surface area contributed by atoms with Gasteiger partial charge in [-0.05, 0) is 30.5 Å². The molecule has 0 saturated heterocycles. The minimum atomic E-state index is 0.0169. The zero-order valence-corrected chi connectivity index (χ0v) is 8.34. The molecule has 1 aliphatic heterocycles. The molecule has 14 heavy (non-hydrogen) atoms. The average molecular weight is 188 g/mol. The number of hydrogen-bond acceptors (Lipinski definition) is 2. The number of carbonyl (C=O) groups excluding carboxylic acids is 1. The summed E-state index contributed by atoms with van der Waals surface area (Å²) < 4.78 is 0. The van der Waals surface area contributed by atoms with E-state index in [0.717, 1.165) is 18.5 Å². The van der Waals surface area contributed by atoms with Gasteiger partial charge in [0.2, 0.25) is 0 Å². The van der Waals surface area contributed by atoms with Gasteiger partial charge >= 0.3 is 0 Å². The third-order valence-corrected chi connectivity index (χ3v) is 2.69. The molecule has 2 rings (SSSR count). The first kappa shape index (κ1) is 9.25. The summed E-state index contributed by atoms with van der Waals surface area (Å²) in [5.74, 6) is 0.305. The number of anilines is 1. The van der Waals surface area contributed by atoms with Gasteiger partial charge in [-0.1, -0.05) is 19.1 Å². The number of rotatable bonds is 2. The first-order valence-electron chi connectivity index (χ1n) is 5.10. The van der Waals surface area contributed by atoms with Crippen molar-refractivity contribution in [2.75, 3.05) is 5.32 Å². The van der Waals surface area contributed by atoms with Crippen LogP contribution in [0.5, 0.6) is 0 Å². The molecule has 0 spiro atoms. The van der Waals surface area contributed by atoms with Crippen molar-refractivity contribution in [2.24, 2.45) is 0 Å². The lowest BCUT2D eigenvalue weighted by Crippen LogP contribution is -2.32. The minimum Gasteiger partial charge on any atom is -0.375 e. The van der Waals surface area contributed by atoms with Crippen molar-refractivity contribution in [1.29, 1.82) is 0 Å². The predicted molar refractivity (Wildman–Crippen MR) is 56.3 cm³/mol. The summed E-state index contributed by atoms with van der Waals surface area (Å²) >= 11 is 0. The second kappa shape index (κ2) is 3.82. The maximum atomic E-state index is 11.5. The summed E-state index contributed by atoms with van der Waals surface area (Å²) in [4.78, 5) is 11.5. The van der Waals surface area contributed by atoms with Gasteiger partial charge in [-0.3, -0.25) is 4.79 Å². The molecule has 0 aromatic heterocycles. The van der Waals surface area contributed by atoms with Crippen molar-refractivity contribution >= 4 is 11.5 Å². The predicted octanol–water partition coefficient (Wildman–Crippen LogP) is 2.19. The van der Waals surface area contributed by atoms with Gasteiger partial charge in [0, 0.05) is 12.1 Å². The Bertz CT molecular complexity index is 346. The van der Waals surface area contributed by atoms with Crippen molar-refractivity contribution in [2.45, 2.75) is 32.2 Å². The summed E-state index contributed by atoms with van der Waals surface area (Å²) in [6.45, 7) is 1.91. The molecule has 1 aromatic rings. The maximum Gasteiger partial charge on any atom is 0.154 e. The number of hydrogen-bond donors (Lipinski definition) is 1. The highest BCUT2D eigenvalue weighted by atomic mass is 16.1. The topological polar surface area (TPSA) is 29.1 Å². The van der Waals surface area contributed by atoms with Gasteiger partial charge in [-0.25, -0.2) is 0 Å². The summed E-state index contributed by atoms with van der Waals surface area (Å²) in [5.41, 5.74) is 2.28. The quantitative estimate of drug-likeness (QED) is 0.770. The Kier molecular flexibility index (Phi) is 2.53. The first-order valence-corrected chi connectivity index (χ1v) is 5.10. The molecule has 1 radical (unpaired) electrons. The van der Waals surface area contributed by atoms with Crippen LogP contribution in [-0.4, -0.2) is 11.8 Å². The van der Waals surface area contributed by atoms with E-state index in [1.807, 2.05) is 25.1 Å². The van der Waals surface area contributed by atoms with Crippen LogP contribution in [0.3, 0.4) is 0 Å². The van der Waals surface area contributed by atoms with Crippen LogP contribution in [0.15, 0.2) is 18.2 Å². The molecule has 1 atom stereocenters. The van der Waals surface area contributed by atoms with Gasteiger partial charge in [-0.2, -0.15) is 0 Å². The SMILES string of the molecule is CCC(=O)C1CCc2[c]cccc2N1. The van der Waals surface area contributed by atoms with Crippen LogP contribution in [0.25, 0.3) is 0 Å². The van der Waals surface area contributed by atoms with Crippen molar-refractivity contribution in [3.8, 4) is 0 Å². The van der Waals surface area contributed by atoms with Gasteiger partial charge < -0.3 is 5.32 Å². The standard InChI is InChI=1S/C12H14NO/c1-2-12(14)11-8-7-9-5-3-4-6-10(9)13-11/h3-4,6,11,13H,2,7-8H2,1H3. The fourth-order valence-corrected chi connectivity index (χ4v) is 1.85. The van der Waals surface area contributed by atoms with E-state index in [1.54, 1.807) is 0 Å². The van der Waals surface area contributed by atoms with Crippen LogP contribution in [0.4, 0.5) is 5.69 Å². The Hall–Kier alpha value is -1.31. The van der Waals surface area contributed by atoms with Crippen LogP contribution in [-0.2, 0) is 11.2 Å². The van der Waals surface area contributed by atoms with Crippen LogP contribution >= 0.6 is 0 Å². The lowest BCUT2D eigenvalue weighted by atomic mass is 9.95. The van der Waals surface area contributed by atoms with E-state index in [4.69, 9.17) is 0 Å². The molecule has 1 N–H and O–H groups in total. The summed E-state index contributed by atoms with van der Waals surface area (Å²) in [7, 11) is 0. The van der Waals surface area contributed by atoms with Gasteiger partial charge in [0.25, 0.3) is 0 Å². The number of benzene rings is 1. The Morgan fingerprint density at radius 3 is 3.36 bits per heavy atom. The molecule has 73 valence electrons. The summed E-state index contributed by atoms with van der Waals surface area (Å²) in [5, 5.41) is 3.27. The van der Waals surface area contributed by atoms with Crippen LogP contribution in [0.1, 0.15) is 25.3 Å². The van der Waals surface area contributed by atoms with E-state index in [9.17, 15) is 4.79 Å². The maximum absolute atomic E-state index is 11.5. The highest BCUT2D eigenvalue weighted by Crippen LogP contribution is 2.24. The lowest BCUT2D eigenvalue weighted by Gasteiger charge is -2.25. The van der Waals surface area contributed by atoms with Gasteiger partial charge in [0.15, 0.2) is 5.78 Å². The minimum absolute atomic E-state index is 0.0169. The fourth-order valence-electron chi connectivity index (χ4n) is 1.85. The molecule has 0 aliphatic carbocycles. The molecule has 1 unspecified atom stereocenters. The Labute approximate surface area is 84.3 Å². The van der Waals surface area contributed by atoms with E-state index in [0.29, 0.717) is 12.2 Å².